The summed E-state index contributed by atoms with van der Waals surface area (Å²) in [4.78, 5) is 0. The third kappa shape index (κ3) is 6.55. The second kappa shape index (κ2) is 3.54. The number of hydrogen-bond donors (Lipinski definition) is 0. The summed E-state index contributed by atoms with van der Waals surface area (Å²) in [6.45, 7) is 0. The average molecular weight is 164 g/mol. The zero-order valence-corrected chi connectivity index (χ0v) is 5.36. The molecular formula is CHClFO2S2-. The molecule has 0 aromatic carbocycles. The summed E-state index contributed by atoms with van der Waals surface area (Å²) < 4.78 is 24.5. The lowest BCUT2D eigenvalue weighted by Gasteiger charge is -2.00. The predicted molar refractivity (Wildman–Crippen MR) is 27.3 cm³/mol. The first-order valence-corrected chi connectivity index (χ1v) is 3.61. The fourth-order valence-electron chi connectivity index (χ4n) is 0.0594. The molecule has 1 atom stereocenters. The van der Waals surface area contributed by atoms with Gasteiger partial charge in [0.25, 0.3) is 5.82 Å². The molecule has 0 aliphatic heterocycles. The van der Waals surface area contributed by atoms with Crippen LogP contribution >= 0.6 is 11.6 Å². The van der Waals surface area contributed by atoms with E-state index in [1.807, 2.05) is 0 Å². The normalized spacial score (nSPS) is 14.7. The molecule has 0 aliphatic carbocycles. The average Bonchev–Trinajstić information content (AvgIpc) is 1.27. The van der Waals surface area contributed by atoms with Crippen LogP contribution in [-0.2, 0) is 29.2 Å². The summed E-state index contributed by atoms with van der Waals surface area (Å²) in [5.74, 6) is -2.06. The Bertz CT molecular complexity index is 102. The van der Waals surface area contributed by atoms with Crippen LogP contribution in [0, 0.1) is 0 Å². The lowest BCUT2D eigenvalue weighted by atomic mass is 11.6. The minimum atomic E-state index is -2.06. The maximum Gasteiger partial charge on any atom is 0.260 e. The smallest absolute Gasteiger partial charge is 0.260 e. The van der Waals surface area contributed by atoms with Crippen LogP contribution < -0.4 is 0 Å². The zero-order valence-electron chi connectivity index (χ0n) is 2.97. The predicted octanol–water partition coefficient (Wildman–Crippen LogP) is 0.836. The van der Waals surface area contributed by atoms with E-state index < -0.39 is 15.5 Å². The van der Waals surface area contributed by atoms with Crippen LogP contribution in [0.1, 0.15) is 0 Å². The van der Waals surface area contributed by atoms with Crippen molar-refractivity contribution in [1.29, 1.82) is 0 Å². The minimum Gasteiger partial charge on any atom is -0.425 e. The van der Waals surface area contributed by atoms with Crippen molar-refractivity contribution >= 4 is 32.4 Å². The van der Waals surface area contributed by atoms with Gasteiger partial charge in [-0.3, -0.25) is 0 Å². The second-order valence-electron chi connectivity index (χ2n) is 0.561. The standard InChI is InChI=1S/CHClFO2S2/c2-1(3)5-7(4)6/h1H/q-1. The monoisotopic (exact) mass is 163 g/mol. The summed E-state index contributed by atoms with van der Waals surface area (Å²) >= 11 is 8.40. The highest BCUT2D eigenvalue weighted by Crippen LogP contribution is 1.97. The molecule has 0 saturated heterocycles. The van der Waals surface area contributed by atoms with Crippen molar-refractivity contribution in [3.63, 3.8) is 0 Å². The Balaban J connectivity index is 3.32. The van der Waals surface area contributed by atoms with Gasteiger partial charge in [0.15, 0.2) is 0 Å². The summed E-state index contributed by atoms with van der Waals surface area (Å²) in [6, 6.07) is 0. The maximum atomic E-state index is 11.2. The Labute approximate surface area is 51.5 Å². The van der Waals surface area contributed by atoms with Crippen molar-refractivity contribution in [1.82, 2.24) is 0 Å². The Morgan fingerprint density at radius 2 is 2.43 bits per heavy atom. The molecule has 0 amide bonds. The molecule has 0 aromatic heterocycles. The molecule has 1 unspecified atom stereocenters. The lowest BCUT2D eigenvalue weighted by molar-refractivity contribution is 0.169. The highest BCUT2D eigenvalue weighted by atomic mass is 35.5. The van der Waals surface area contributed by atoms with Crippen LogP contribution in [0.5, 0.6) is 0 Å². The van der Waals surface area contributed by atoms with E-state index >= 15 is 0 Å². The molecule has 0 aliphatic rings. The van der Waals surface area contributed by atoms with E-state index in [0.29, 0.717) is 0 Å². The molecule has 0 fully saturated rings. The van der Waals surface area contributed by atoms with Gasteiger partial charge >= 0.3 is 0 Å². The minimum absolute atomic E-state index is 2.02. The van der Waals surface area contributed by atoms with Crippen molar-refractivity contribution in [3.8, 4) is 0 Å². The van der Waals surface area contributed by atoms with Crippen molar-refractivity contribution in [3.05, 3.63) is 0 Å². The van der Waals surface area contributed by atoms with Gasteiger partial charge in [-0.1, -0.05) is 21.2 Å². The molecule has 0 aromatic rings. The van der Waals surface area contributed by atoms with E-state index in [1.165, 1.54) is 0 Å². The molecule has 0 rings (SSSR count). The van der Waals surface area contributed by atoms with Gasteiger partial charge in [0, 0.05) is 0 Å². The molecule has 0 bridgehead atoms. The summed E-state index contributed by atoms with van der Waals surface area (Å²) in [7, 11) is -2.02. The van der Waals surface area contributed by atoms with Crippen LogP contribution in [0.15, 0.2) is 0 Å². The maximum absolute atomic E-state index is 11.2. The summed E-state index contributed by atoms with van der Waals surface area (Å²) in [6.07, 6.45) is 0. The fraction of sp³-hybridized carbons (Fsp3) is 1.00. The fourth-order valence-corrected chi connectivity index (χ4v) is 0.713. The topological polar surface area (TPSA) is 26.3 Å². The molecule has 0 heterocycles. The summed E-state index contributed by atoms with van der Waals surface area (Å²) in [5.41, 5.74) is 0. The quantitative estimate of drug-likeness (QED) is 0.446. The van der Waals surface area contributed by atoms with Crippen LogP contribution in [-0.4, -0.2) is 5.82 Å². The number of halogens is 2. The van der Waals surface area contributed by atoms with Gasteiger partial charge in [-0.2, -0.15) is 4.39 Å². The molecule has 0 N–H and O–H groups in total. The van der Waals surface area contributed by atoms with Crippen molar-refractivity contribution in [2.24, 2.45) is 0 Å². The molecule has 0 radical (unpaired) electrons. The van der Waals surface area contributed by atoms with Crippen LogP contribution in [0.2, 0.25) is 0 Å². The molecule has 0 spiro atoms. The van der Waals surface area contributed by atoms with Crippen molar-refractivity contribution in [2.45, 2.75) is 5.82 Å². The van der Waals surface area contributed by atoms with E-state index in [0.717, 1.165) is 0 Å². The molecule has 44 valence electrons. The Morgan fingerprint density at radius 3 is 2.43 bits per heavy atom. The highest BCUT2D eigenvalue weighted by Gasteiger charge is 1.88. The SMILES string of the molecule is O=[S-](=S)OC(F)Cl. The van der Waals surface area contributed by atoms with Crippen LogP contribution in [0.3, 0.4) is 0 Å². The van der Waals surface area contributed by atoms with E-state index in [-0.39, 0.29) is 0 Å². The Hall–Kier alpha value is 0.550. The van der Waals surface area contributed by atoms with Crippen molar-refractivity contribution in [2.75, 3.05) is 0 Å². The second-order valence-corrected chi connectivity index (χ2v) is 2.32. The molecule has 0 saturated carbocycles. The van der Waals surface area contributed by atoms with Gasteiger partial charge < -0.3 is 8.39 Å². The van der Waals surface area contributed by atoms with E-state index in [1.54, 1.807) is 0 Å². The first-order valence-electron chi connectivity index (χ1n) is 1.17. The van der Waals surface area contributed by atoms with Gasteiger partial charge in [0.05, 0.1) is 0 Å². The first kappa shape index (κ1) is 7.55. The molecule has 7 heavy (non-hydrogen) atoms. The van der Waals surface area contributed by atoms with E-state index in [9.17, 15) is 8.60 Å². The van der Waals surface area contributed by atoms with Crippen molar-refractivity contribution < 1.29 is 12.8 Å². The van der Waals surface area contributed by atoms with Gasteiger partial charge in [0.2, 0.25) is 0 Å². The molecule has 6 heteroatoms. The molecule has 2 nitrogen and oxygen atoms in total. The number of rotatable bonds is 2. The zero-order chi connectivity index (χ0) is 5.86. The number of alkyl halides is 2. The van der Waals surface area contributed by atoms with Crippen LogP contribution in [0.4, 0.5) is 4.39 Å². The first-order chi connectivity index (χ1) is 3.13. The van der Waals surface area contributed by atoms with Gasteiger partial charge in [-0.05, 0) is 0 Å². The molecular weight excluding hydrogens is 163 g/mol. The van der Waals surface area contributed by atoms with Gasteiger partial charge in [0.1, 0.15) is 0 Å². The largest absolute Gasteiger partial charge is 0.425 e. The third-order valence-electron chi connectivity index (χ3n) is 0.151. The third-order valence-corrected chi connectivity index (χ3v) is 0.908. The van der Waals surface area contributed by atoms with Crippen LogP contribution in [0.25, 0.3) is 0 Å². The van der Waals surface area contributed by atoms with Gasteiger partial charge in [-0.15, -0.1) is 0 Å². The Kier molecular flexibility index (Phi) is 3.82. The van der Waals surface area contributed by atoms with E-state index in [2.05, 4.69) is 27.0 Å². The number of hydrogen-bond acceptors (Lipinski definition) is 4. The highest BCUT2D eigenvalue weighted by molar-refractivity contribution is 8.19. The summed E-state index contributed by atoms with van der Waals surface area (Å²) in [5, 5.41) is 0. The van der Waals surface area contributed by atoms with Gasteiger partial charge in [-0.25, -0.2) is 11.2 Å². The van der Waals surface area contributed by atoms with E-state index in [4.69, 9.17) is 0 Å². The Morgan fingerprint density at radius 1 is 2.00 bits per heavy atom. The lowest BCUT2D eigenvalue weighted by Crippen LogP contribution is -1.91.